The average Bonchev–Trinajstić information content (AvgIpc) is 2.32. The molecule has 19 heavy (non-hydrogen) atoms. The lowest BCUT2D eigenvalue weighted by atomic mass is 9.62. The minimum Gasteiger partial charge on any atom is -0.356 e. The molecule has 0 spiro atoms. The standard InChI is InChI=1S/C16H32N2O/c1-13(2)8-6-4-5-7-9-18-15(19)16(12-17)10-14(3)11-16/h13-14H,4-12,17H2,1-3H3,(H,18,19). The number of unbranched alkanes of at least 4 members (excludes halogenated alkanes) is 3. The molecule has 1 amide bonds. The molecule has 0 radical (unpaired) electrons. The summed E-state index contributed by atoms with van der Waals surface area (Å²) in [7, 11) is 0. The molecule has 0 bridgehead atoms. The van der Waals surface area contributed by atoms with Crippen LogP contribution in [-0.2, 0) is 4.79 Å². The van der Waals surface area contributed by atoms with Crippen LogP contribution < -0.4 is 11.1 Å². The number of hydrogen-bond donors (Lipinski definition) is 2. The van der Waals surface area contributed by atoms with Crippen LogP contribution in [0.3, 0.4) is 0 Å². The third-order valence-corrected chi connectivity index (χ3v) is 4.34. The molecule has 3 N–H and O–H groups in total. The first-order valence-electron chi connectivity index (χ1n) is 7.98. The minimum absolute atomic E-state index is 0.190. The Morgan fingerprint density at radius 1 is 1.26 bits per heavy atom. The summed E-state index contributed by atoms with van der Waals surface area (Å²) in [6.07, 6.45) is 8.16. The molecule has 1 saturated carbocycles. The van der Waals surface area contributed by atoms with Crippen LogP contribution in [0.15, 0.2) is 0 Å². The van der Waals surface area contributed by atoms with Crippen LogP contribution in [0.25, 0.3) is 0 Å². The predicted octanol–water partition coefficient (Wildman–Crippen LogP) is 3.08. The fraction of sp³-hybridized carbons (Fsp3) is 0.938. The van der Waals surface area contributed by atoms with Crippen molar-refractivity contribution in [3.8, 4) is 0 Å². The Morgan fingerprint density at radius 2 is 1.89 bits per heavy atom. The van der Waals surface area contributed by atoms with E-state index >= 15 is 0 Å². The van der Waals surface area contributed by atoms with Gasteiger partial charge in [-0.3, -0.25) is 4.79 Å². The number of nitrogens with one attached hydrogen (secondary N) is 1. The van der Waals surface area contributed by atoms with Crippen molar-refractivity contribution in [1.29, 1.82) is 0 Å². The highest BCUT2D eigenvalue weighted by molar-refractivity contribution is 5.83. The van der Waals surface area contributed by atoms with Crippen LogP contribution in [0.1, 0.15) is 65.7 Å². The van der Waals surface area contributed by atoms with Gasteiger partial charge in [-0.25, -0.2) is 0 Å². The zero-order valence-electron chi connectivity index (χ0n) is 13.0. The third kappa shape index (κ3) is 5.13. The van der Waals surface area contributed by atoms with Gasteiger partial charge in [0.2, 0.25) is 5.91 Å². The second kappa shape index (κ2) is 7.88. The smallest absolute Gasteiger partial charge is 0.227 e. The van der Waals surface area contributed by atoms with Gasteiger partial charge in [0.1, 0.15) is 0 Å². The molecule has 0 unspecified atom stereocenters. The van der Waals surface area contributed by atoms with E-state index in [2.05, 4.69) is 26.1 Å². The topological polar surface area (TPSA) is 55.1 Å². The van der Waals surface area contributed by atoms with Gasteiger partial charge in [0.25, 0.3) is 0 Å². The largest absolute Gasteiger partial charge is 0.356 e. The normalized spacial score (nSPS) is 26.3. The fourth-order valence-electron chi connectivity index (χ4n) is 3.14. The Morgan fingerprint density at radius 3 is 2.42 bits per heavy atom. The van der Waals surface area contributed by atoms with E-state index in [1.54, 1.807) is 0 Å². The summed E-state index contributed by atoms with van der Waals surface area (Å²) in [5.74, 6) is 1.66. The molecule has 1 aliphatic rings. The van der Waals surface area contributed by atoms with E-state index in [4.69, 9.17) is 5.73 Å². The summed E-state index contributed by atoms with van der Waals surface area (Å²) in [5.41, 5.74) is 5.53. The quantitative estimate of drug-likeness (QED) is 0.631. The van der Waals surface area contributed by atoms with Crippen LogP contribution in [0.2, 0.25) is 0 Å². The molecule has 3 nitrogen and oxygen atoms in total. The maximum absolute atomic E-state index is 12.1. The number of carbonyl (C=O) groups excluding carboxylic acids is 1. The number of amides is 1. The molecular weight excluding hydrogens is 236 g/mol. The van der Waals surface area contributed by atoms with Gasteiger partial charge in [0, 0.05) is 13.1 Å². The van der Waals surface area contributed by atoms with E-state index in [0.717, 1.165) is 31.7 Å². The predicted molar refractivity (Wildman–Crippen MR) is 80.8 cm³/mol. The van der Waals surface area contributed by atoms with Crippen LogP contribution in [0, 0.1) is 17.3 Å². The van der Waals surface area contributed by atoms with E-state index in [1.165, 1.54) is 25.7 Å². The first-order valence-corrected chi connectivity index (χ1v) is 7.98. The second-order valence-corrected chi connectivity index (χ2v) is 6.85. The SMILES string of the molecule is CC(C)CCCCCCNC(=O)C1(CN)CC(C)C1. The highest BCUT2D eigenvalue weighted by Gasteiger charge is 2.46. The molecule has 0 atom stereocenters. The van der Waals surface area contributed by atoms with Gasteiger partial charge in [0.05, 0.1) is 5.41 Å². The Balaban J connectivity index is 2.04. The van der Waals surface area contributed by atoms with Gasteiger partial charge >= 0.3 is 0 Å². The summed E-state index contributed by atoms with van der Waals surface area (Å²) < 4.78 is 0. The molecule has 1 fully saturated rings. The molecule has 1 rings (SSSR count). The molecule has 0 saturated heterocycles. The molecule has 3 heteroatoms. The number of nitrogens with two attached hydrogens (primary N) is 1. The summed E-state index contributed by atoms with van der Waals surface area (Å²) in [4.78, 5) is 12.1. The first-order chi connectivity index (χ1) is 9.00. The zero-order valence-corrected chi connectivity index (χ0v) is 13.0. The van der Waals surface area contributed by atoms with Gasteiger partial charge in [-0.2, -0.15) is 0 Å². The summed E-state index contributed by atoms with van der Waals surface area (Å²) in [6, 6.07) is 0. The number of carbonyl (C=O) groups is 1. The van der Waals surface area contributed by atoms with Crippen molar-refractivity contribution in [3.63, 3.8) is 0 Å². The van der Waals surface area contributed by atoms with Crippen molar-refractivity contribution in [2.24, 2.45) is 23.0 Å². The maximum atomic E-state index is 12.1. The lowest BCUT2D eigenvalue weighted by Gasteiger charge is -2.44. The van der Waals surface area contributed by atoms with E-state index < -0.39 is 0 Å². The summed E-state index contributed by atoms with van der Waals surface area (Å²) in [6.45, 7) is 8.04. The third-order valence-electron chi connectivity index (χ3n) is 4.34. The van der Waals surface area contributed by atoms with Crippen molar-refractivity contribution < 1.29 is 4.79 Å². The van der Waals surface area contributed by atoms with Gasteiger partial charge in [-0.05, 0) is 31.1 Å². The Bertz CT molecular complexity index is 270. The minimum atomic E-state index is -0.239. The van der Waals surface area contributed by atoms with E-state index in [9.17, 15) is 4.79 Å². The van der Waals surface area contributed by atoms with Crippen molar-refractivity contribution in [2.45, 2.75) is 65.7 Å². The lowest BCUT2D eigenvalue weighted by Crippen LogP contribution is -2.53. The maximum Gasteiger partial charge on any atom is 0.227 e. The van der Waals surface area contributed by atoms with Gasteiger partial charge in [-0.1, -0.05) is 46.5 Å². The average molecular weight is 268 g/mol. The van der Waals surface area contributed by atoms with Crippen LogP contribution in [-0.4, -0.2) is 19.0 Å². The second-order valence-electron chi connectivity index (χ2n) is 6.85. The zero-order chi connectivity index (χ0) is 14.3. The van der Waals surface area contributed by atoms with Crippen LogP contribution in [0.5, 0.6) is 0 Å². The summed E-state index contributed by atoms with van der Waals surface area (Å²) in [5, 5.41) is 3.08. The van der Waals surface area contributed by atoms with Gasteiger partial charge in [0.15, 0.2) is 0 Å². The van der Waals surface area contributed by atoms with E-state index in [-0.39, 0.29) is 11.3 Å². The molecule has 1 aliphatic carbocycles. The summed E-state index contributed by atoms with van der Waals surface area (Å²) >= 11 is 0. The number of hydrogen-bond acceptors (Lipinski definition) is 2. The Kier molecular flexibility index (Phi) is 6.84. The van der Waals surface area contributed by atoms with E-state index in [1.807, 2.05) is 0 Å². The van der Waals surface area contributed by atoms with Crippen molar-refractivity contribution >= 4 is 5.91 Å². The van der Waals surface area contributed by atoms with Gasteiger partial charge in [-0.15, -0.1) is 0 Å². The fourth-order valence-corrected chi connectivity index (χ4v) is 3.14. The molecule has 0 heterocycles. The molecular formula is C16H32N2O. The lowest BCUT2D eigenvalue weighted by molar-refractivity contribution is -0.138. The molecule has 0 aromatic carbocycles. The van der Waals surface area contributed by atoms with E-state index in [0.29, 0.717) is 12.5 Å². The Labute approximate surface area is 118 Å². The molecule has 112 valence electrons. The van der Waals surface area contributed by atoms with Crippen molar-refractivity contribution in [3.05, 3.63) is 0 Å². The molecule has 0 aliphatic heterocycles. The van der Waals surface area contributed by atoms with Crippen molar-refractivity contribution in [1.82, 2.24) is 5.32 Å². The first kappa shape index (κ1) is 16.5. The van der Waals surface area contributed by atoms with Crippen LogP contribution >= 0.6 is 0 Å². The van der Waals surface area contributed by atoms with Crippen LogP contribution in [0.4, 0.5) is 0 Å². The van der Waals surface area contributed by atoms with Crippen molar-refractivity contribution in [2.75, 3.05) is 13.1 Å². The molecule has 0 aromatic heterocycles. The monoisotopic (exact) mass is 268 g/mol. The molecule has 0 aromatic rings. The highest BCUT2D eigenvalue weighted by Crippen LogP contribution is 2.44. The number of rotatable bonds is 9. The highest BCUT2D eigenvalue weighted by atomic mass is 16.2. The van der Waals surface area contributed by atoms with Gasteiger partial charge < -0.3 is 11.1 Å². The Hall–Kier alpha value is -0.570.